The van der Waals surface area contributed by atoms with E-state index < -0.39 is 11.9 Å². The standard InChI is InChI=1S/C19H17NO5/c1-12(2)24-18(21)13(11-20)10-14-8-9-17(25-14)15-6-4-5-7-16(15)19(22)23-3/h4-10,12H,1-3H3/b13-10+. The van der Waals surface area contributed by atoms with Gasteiger partial charge in [0.15, 0.2) is 0 Å². The van der Waals surface area contributed by atoms with Crippen molar-refractivity contribution in [1.29, 1.82) is 5.26 Å². The third kappa shape index (κ3) is 4.36. The fourth-order valence-electron chi connectivity index (χ4n) is 2.12. The minimum Gasteiger partial charge on any atom is -0.465 e. The summed E-state index contributed by atoms with van der Waals surface area (Å²) in [7, 11) is 1.30. The van der Waals surface area contributed by atoms with Crippen molar-refractivity contribution in [2.75, 3.05) is 7.11 Å². The maximum absolute atomic E-state index is 11.9. The number of esters is 2. The Balaban J connectivity index is 2.35. The van der Waals surface area contributed by atoms with Gasteiger partial charge in [0.2, 0.25) is 0 Å². The topological polar surface area (TPSA) is 89.5 Å². The first-order chi connectivity index (χ1) is 12.0. The fourth-order valence-corrected chi connectivity index (χ4v) is 2.12. The number of hydrogen-bond donors (Lipinski definition) is 0. The van der Waals surface area contributed by atoms with Crippen LogP contribution in [0.25, 0.3) is 17.4 Å². The van der Waals surface area contributed by atoms with Crippen LogP contribution in [-0.2, 0) is 14.3 Å². The predicted molar refractivity (Wildman–Crippen MR) is 90.3 cm³/mol. The van der Waals surface area contributed by atoms with E-state index in [9.17, 15) is 9.59 Å². The molecule has 0 aliphatic heterocycles. The molecule has 0 unspecified atom stereocenters. The van der Waals surface area contributed by atoms with Gasteiger partial charge in [0, 0.05) is 11.6 Å². The summed E-state index contributed by atoms with van der Waals surface area (Å²) < 4.78 is 15.4. The molecular formula is C19H17NO5. The molecule has 0 saturated carbocycles. The maximum Gasteiger partial charge on any atom is 0.349 e. The van der Waals surface area contributed by atoms with Gasteiger partial charge in [0.05, 0.1) is 18.8 Å². The van der Waals surface area contributed by atoms with Crippen LogP contribution >= 0.6 is 0 Å². The normalized spacial score (nSPS) is 11.1. The van der Waals surface area contributed by atoms with Gasteiger partial charge < -0.3 is 13.9 Å². The molecule has 0 fully saturated rings. The zero-order valence-electron chi connectivity index (χ0n) is 14.1. The lowest BCUT2D eigenvalue weighted by Crippen LogP contribution is -2.12. The van der Waals surface area contributed by atoms with Crippen LogP contribution in [0.1, 0.15) is 30.0 Å². The first-order valence-corrected chi connectivity index (χ1v) is 7.56. The number of methoxy groups -OCH3 is 1. The molecule has 0 bridgehead atoms. The molecule has 2 rings (SSSR count). The van der Waals surface area contributed by atoms with Gasteiger partial charge in [0.25, 0.3) is 0 Å². The zero-order chi connectivity index (χ0) is 18.4. The van der Waals surface area contributed by atoms with Gasteiger partial charge in [-0.3, -0.25) is 0 Å². The van der Waals surface area contributed by atoms with Crippen LogP contribution in [-0.4, -0.2) is 25.2 Å². The number of ether oxygens (including phenoxy) is 2. The SMILES string of the molecule is COC(=O)c1ccccc1-c1ccc(/C=C(\C#N)C(=O)OC(C)C)o1. The molecule has 0 amide bonds. The highest BCUT2D eigenvalue weighted by Crippen LogP contribution is 2.27. The van der Waals surface area contributed by atoms with Crippen LogP contribution in [0.4, 0.5) is 0 Å². The monoisotopic (exact) mass is 339 g/mol. The van der Waals surface area contributed by atoms with E-state index in [1.165, 1.54) is 13.2 Å². The second-order valence-electron chi connectivity index (χ2n) is 5.36. The van der Waals surface area contributed by atoms with E-state index in [0.717, 1.165) is 0 Å². The number of carbonyl (C=O) groups is 2. The van der Waals surface area contributed by atoms with E-state index >= 15 is 0 Å². The van der Waals surface area contributed by atoms with Crippen molar-refractivity contribution < 1.29 is 23.5 Å². The molecule has 0 saturated heterocycles. The van der Waals surface area contributed by atoms with Crippen molar-refractivity contribution in [3.63, 3.8) is 0 Å². The highest BCUT2D eigenvalue weighted by Gasteiger charge is 2.17. The van der Waals surface area contributed by atoms with Gasteiger partial charge in [-0.25, -0.2) is 9.59 Å². The second-order valence-corrected chi connectivity index (χ2v) is 5.36. The smallest absolute Gasteiger partial charge is 0.349 e. The molecule has 6 heteroatoms. The molecule has 128 valence electrons. The van der Waals surface area contributed by atoms with E-state index in [4.69, 9.17) is 19.2 Å². The number of hydrogen-bond acceptors (Lipinski definition) is 6. The highest BCUT2D eigenvalue weighted by molar-refractivity contribution is 5.98. The molecule has 0 aliphatic carbocycles. The quantitative estimate of drug-likeness (QED) is 0.470. The van der Waals surface area contributed by atoms with Gasteiger partial charge in [-0.15, -0.1) is 0 Å². The minimum absolute atomic E-state index is 0.171. The number of rotatable bonds is 5. The van der Waals surface area contributed by atoms with Crippen LogP contribution in [0.3, 0.4) is 0 Å². The lowest BCUT2D eigenvalue weighted by molar-refractivity contribution is -0.142. The molecule has 0 radical (unpaired) electrons. The van der Waals surface area contributed by atoms with Gasteiger partial charge in [0.1, 0.15) is 23.2 Å². The molecule has 1 aromatic carbocycles. The number of nitriles is 1. The Bertz CT molecular complexity index is 855. The third-order valence-electron chi connectivity index (χ3n) is 3.19. The summed E-state index contributed by atoms with van der Waals surface area (Å²) >= 11 is 0. The summed E-state index contributed by atoms with van der Waals surface area (Å²) in [5.74, 6) is -0.485. The summed E-state index contributed by atoms with van der Waals surface area (Å²) in [6, 6.07) is 11.9. The molecule has 0 atom stereocenters. The molecule has 1 heterocycles. The average Bonchev–Trinajstić information content (AvgIpc) is 3.06. The summed E-state index contributed by atoms with van der Waals surface area (Å²) in [6.07, 6.45) is 0.970. The third-order valence-corrected chi connectivity index (χ3v) is 3.19. The number of nitrogens with zero attached hydrogens (tertiary/aromatic N) is 1. The minimum atomic E-state index is -0.717. The fraction of sp³-hybridized carbons (Fsp3) is 0.211. The van der Waals surface area contributed by atoms with E-state index in [-0.39, 0.29) is 11.7 Å². The molecule has 25 heavy (non-hydrogen) atoms. The van der Waals surface area contributed by atoms with E-state index in [0.29, 0.717) is 22.6 Å². The van der Waals surface area contributed by atoms with E-state index in [1.54, 1.807) is 56.3 Å². The van der Waals surface area contributed by atoms with E-state index in [1.807, 2.05) is 0 Å². The number of benzene rings is 1. The summed E-state index contributed by atoms with van der Waals surface area (Å²) in [6.45, 7) is 3.39. The largest absolute Gasteiger partial charge is 0.465 e. The Morgan fingerprint density at radius 3 is 2.56 bits per heavy atom. The van der Waals surface area contributed by atoms with Crippen molar-refractivity contribution in [1.82, 2.24) is 0 Å². The summed E-state index contributed by atoms with van der Waals surface area (Å²) in [5.41, 5.74) is 0.739. The number of carbonyl (C=O) groups excluding carboxylic acids is 2. The first kappa shape index (κ1) is 18.0. The zero-order valence-corrected chi connectivity index (χ0v) is 14.1. The Morgan fingerprint density at radius 1 is 1.20 bits per heavy atom. The molecule has 6 nitrogen and oxygen atoms in total. The van der Waals surface area contributed by atoms with Crippen LogP contribution < -0.4 is 0 Å². The second kappa shape index (κ2) is 7.97. The summed E-state index contributed by atoms with van der Waals surface area (Å²) in [5, 5.41) is 9.12. The van der Waals surface area contributed by atoms with Crippen molar-refractivity contribution in [3.8, 4) is 17.4 Å². The van der Waals surface area contributed by atoms with Crippen molar-refractivity contribution in [2.24, 2.45) is 0 Å². The molecular weight excluding hydrogens is 322 g/mol. The van der Waals surface area contributed by atoms with Gasteiger partial charge in [-0.1, -0.05) is 18.2 Å². The van der Waals surface area contributed by atoms with Gasteiger partial charge in [-0.05, 0) is 32.0 Å². The summed E-state index contributed by atoms with van der Waals surface area (Å²) in [4.78, 5) is 23.7. The van der Waals surface area contributed by atoms with Crippen LogP contribution in [0.5, 0.6) is 0 Å². The first-order valence-electron chi connectivity index (χ1n) is 7.56. The molecule has 0 N–H and O–H groups in total. The Morgan fingerprint density at radius 2 is 1.92 bits per heavy atom. The van der Waals surface area contributed by atoms with Gasteiger partial charge in [-0.2, -0.15) is 5.26 Å². The Kier molecular flexibility index (Phi) is 5.75. The Labute approximate surface area is 145 Å². The van der Waals surface area contributed by atoms with Crippen LogP contribution in [0.15, 0.2) is 46.4 Å². The lowest BCUT2D eigenvalue weighted by atomic mass is 10.1. The van der Waals surface area contributed by atoms with Gasteiger partial charge >= 0.3 is 11.9 Å². The van der Waals surface area contributed by atoms with E-state index in [2.05, 4.69) is 0 Å². The van der Waals surface area contributed by atoms with Crippen LogP contribution in [0.2, 0.25) is 0 Å². The molecule has 2 aromatic rings. The molecule has 0 aliphatic rings. The van der Waals surface area contributed by atoms with Crippen molar-refractivity contribution in [3.05, 3.63) is 53.3 Å². The van der Waals surface area contributed by atoms with Crippen molar-refractivity contribution in [2.45, 2.75) is 20.0 Å². The molecule has 0 spiro atoms. The molecule has 1 aromatic heterocycles. The predicted octanol–water partition coefficient (Wildman–Crippen LogP) is 3.59. The van der Waals surface area contributed by atoms with Crippen LogP contribution in [0, 0.1) is 11.3 Å². The number of furan rings is 1. The van der Waals surface area contributed by atoms with Crippen molar-refractivity contribution >= 4 is 18.0 Å². The highest BCUT2D eigenvalue weighted by atomic mass is 16.5. The average molecular weight is 339 g/mol. The Hall–Kier alpha value is -3.33. The lowest BCUT2D eigenvalue weighted by Gasteiger charge is -2.06. The maximum atomic E-state index is 11.9.